The molecule has 0 aliphatic carbocycles. The van der Waals surface area contributed by atoms with Crippen molar-refractivity contribution >= 4 is 16.6 Å². The molecule has 6 heteroatoms. The molecule has 1 aliphatic heterocycles. The van der Waals surface area contributed by atoms with Crippen molar-refractivity contribution in [1.82, 2.24) is 24.6 Å². The topological polar surface area (TPSA) is 63.9 Å². The summed E-state index contributed by atoms with van der Waals surface area (Å²) in [5, 5.41) is 6.24. The summed E-state index contributed by atoms with van der Waals surface area (Å²) in [6.07, 6.45) is 10.7. The molecule has 0 aromatic carbocycles. The van der Waals surface area contributed by atoms with Crippen LogP contribution in [0.15, 0.2) is 36.9 Å². The maximum Gasteiger partial charge on any atom is 0.139 e. The Kier molecular flexibility index (Phi) is 4.99. The van der Waals surface area contributed by atoms with E-state index >= 15 is 0 Å². The van der Waals surface area contributed by atoms with E-state index in [1.54, 1.807) is 10.9 Å². The molecule has 1 fully saturated rings. The number of fused-ring (bicyclic) bond motifs is 1. The maximum absolute atomic E-state index is 12.5. The second kappa shape index (κ2) is 7.56. The second-order valence-corrected chi connectivity index (χ2v) is 7.66. The number of pyridine rings is 2. The quantitative estimate of drug-likeness (QED) is 0.697. The van der Waals surface area contributed by atoms with Gasteiger partial charge < -0.3 is 4.90 Å². The molecule has 140 valence electrons. The van der Waals surface area contributed by atoms with E-state index in [1.807, 2.05) is 37.8 Å². The lowest BCUT2D eigenvalue weighted by atomic mass is 9.91. The van der Waals surface area contributed by atoms with Gasteiger partial charge in [0.25, 0.3) is 0 Å². The van der Waals surface area contributed by atoms with Gasteiger partial charge in [-0.05, 0) is 56.4 Å². The van der Waals surface area contributed by atoms with Gasteiger partial charge in [0, 0.05) is 55.1 Å². The van der Waals surface area contributed by atoms with Crippen LogP contribution in [0.4, 0.5) is 0 Å². The summed E-state index contributed by atoms with van der Waals surface area (Å²) < 4.78 is 1.76. The fourth-order valence-corrected chi connectivity index (χ4v) is 3.75. The number of hydrogen-bond acceptors (Lipinski definition) is 5. The summed E-state index contributed by atoms with van der Waals surface area (Å²) >= 11 is 0. The van der Waals surface area contributed by atoms with Crippen LogP contribution in [0.5, 0.6) is 0 Å². The minimum Gasteiger partial charge on any atom is -0.306 e. The molecule has 27 heavy (non-hydrogen) atoms. The Labute approximate surface area is 159 Å². The van der Waals surface area contributed by atoms with Gasteiger partial charge in [0.05, 0.1) is 11.9 Å². The van der Waals surface area contributed by atoms with E-state index in [2.05, 4.69) is 27.0 Å². The Morgan fingerprint density at radius 1 is 1.07 bits per heavy atom. The highest BCUT2D eigenvalue weighted by atomic mass is 16.1. The zero-order chi connectivity index (χ0) is 18.8. The number of rotatable bonds is 5. The van der Waals surface area contributed by atoms with Crippen molar-refractivity contribution in [3.8, 4) is 11.3 Å². The fourth-order valence-electron chi connectivity index (χ4n) is 3.75. The van der Waals surface area contributed by atoms with Crippen LogP contribution in [0, 0.1) is 5.92 Å². The largest absolute Gasteiger partial charge is 0.306 e. The smallest absolute Gasteiger partial charge is 0.139 e. The monoisotopic (exact) mass is 363 g/mol. The normalized spacial score (nSPS) is 16.1. The van der Waals surface area contributed by atoms with E-state index in [-0.39, 0.29) is 5.78 Å². The van der Waals surface area contributed by atoms with Crippen molar-refractivity contribution in [1.29, 1.82) is 0 Å². The second-order valence-electron chi connectivity index (χ2n) is 7.66. The molecular weight excluding hydrogens is 338 g/mol. The first kappa shape index (κ1) is 17.8. The number of carbonyl (C=O) groups is 1. The van der Waals surface area contributed by atoms with Crippen molar-refractivity contribution in [3.63, 3.8) is 0 Å². The molecule has 3 aromatic rings. The maximum atomic E-state index is 12.5. The van der Waals surface area contributed by atoms with Crippen LogP contribution in [-0.4, -0.2) is 50.6 Å². The van der Waals surface area contributed by atoms with Crippen molar-refractivity contribution in [2.75, 3.05) is 20.1 Å². The van der Waals surface area contributed by atoms with Crippen molar-refractivity contribution in [2.24, 2.45) is 13.0 Å². The standard InChI is InChI=1S/C21H25N5O/c1-25-5-3-15(4-6-25)7-20(27)10-19-8-16-9-21(18-13-24-26(2)14-18)23-12-17(16)11-22-19/h8-9,11-15H,3-7,10H2,1-2H3. The van der Waals surface area contributed by atoms with E-state index in [0.717, 1.165) is 53.7 Å². The van der Waals surface area contributed by atoms with Crippen LogP contribution < -0.4 is 0 Å². The van der Waals surface area contributed by atoms with Gasteiger partial charge in [-0.2, -0.15) is 5.10 Å². The van der Waals surface area contributed by atoms with Crippen LogP contribution in [0.25, 0.3) is 22.0 Å². The SMILES string of the molecule is CN1CCC(CC(=O)Cc2cc3cc(-c4cnn(C)c4)ncc3cn2)CC1. The van der Waals surface area contributed by atoms with Crippen LogP contribution >= 0.6 is 0 Å². The average Bonchev–Trinajstić information content (AvgIpc) is 3.09. The number of piperidine rings is 1. The lowest BCUT2D eigenvalue weighted by Crippen LogP contribution is -2.31. The molecule has 0 radical (unpaired) electrons. The van der Waals surface area contributed by atoms with Gasteiger partial charge in [0.1, 0.15) is 5.78 Å². The van der Waals surface area contributed by atoms with Gasteiger partial charge >= 0.3 is 0 Å². The van der Waals surface area contributed by atoms with Gasteiger partial charge in [-0.25, -0.2) is 0 Å². The number of aromatic nitrogens is 4. The lowest BCUT2D eigenvalue weighted by Gasteiger charge is -2.28. The Morgan fingerprint density at radius 3 is 2.59 bits per heavy atom. The highest BCUT2D eigenvalue weighted by Gasteiger charge is 2.19. The van der Waals surface area contributed by atoms with Crippen LogP contribution in [0.1, 0.15) is 25.0 Å². The number of ketones is 1. The third kappa shape index (κ3) is 4.22. The molecule has 4 rings (SSSR count). The van der Waals surface area contributed by atoms with Gasteiger partial charge in [0.2, 0.25) is 0 Å². The molecule has 0 atom stereocenters. The molecule has 0 N–H and O–H groups in total. The minimum atomic E-state index is 0.290. The van der Waals surface area contributed by atoms with Gasteiger partial charge in [-0.3, -0.25) is 19.4 Å². The number of hydrogen-bond donors (Lipinski definition) is 0. The first-order valence-electron chi connectivity index (χ1n) is 9.51. The van der Waals surface area contributed by atoms with Crippen molar-refractivity contribution in [3.05, 3.63) is 42.6 Å². The lowest BCUT2D eigenvalue weighted by molar-refractivity contribution is -0.119. The van der Waals surface area contributed by atoms with Crippen molar-refractivity contribution < 1.29 is 4.79 Å². The molecule has 1 saturated heterocycles. The van der Waals surface area contributed by atoms with Crippen LogP contribution in [-0.2, 0) is 18.3 Å². The Morgan fingerprint density at radius 2 is 1.85 bits per heavy atom. The first-order chi connectivity index (χ1) is 13.1. The summed E-state index contributed by atoms with van der Waals surface area (Å²) in [5.41, 5.74) is 2.70. The highest BCUT2D eigenvalue weighted by molar-refractivity contribution is 5.86. The molecule has 0 saturated carbocycles. The van der Waals surface area contributed by atoms with E-state index in [4.69, 9.17) is 0 Å². The first-order valence-corrected chi connectivity index (χ1v) is 9.51. The van der Waals surface area contributed by atoms with Crippen LogP contribution in [0.3, 0.4) is 0 Å². The van der Waals surface area contributed by atoms with E-state index in [1.165, 1.54) is 0 Å². The number of carbonyl (C=O) groups excluding carboxylic acids is 1. The van der Waals surface area contributed by atoms with Crippen molar-refractivity contribution in [2.45, 2.75) is 25.7 Å². The van der Waals surface area contributed by atoms with Gasteiger partial charge in [-0.15, -0.1) is 0 Å². The number of aryl methyl sites for hydroxylation is 1. The predicted molar refractivity (Wildman–Crippen MR) is 105 cm³/mol. The Bertz CT molecular complexity index is 956. The molecule has 0 bridgehead atoms. The van der Waals surface area contributed by atoms with Gasteiger partial charge in [0.15, 0.2) is 0 Å². The molecule has 4 heterocycles. The summed E-state index contributed by atoms with van der Waals surface area (Å²) in [6.45, 7) is 2.19. The third-order valence-corrected chi connectivity index (χ3v) is 5.39. The zero-order valence-electron chi connectivity index (χ0n) is 15.9. The zero-order valence-corrected chi connectivity index (χ0v) is 15.9. The van der Waals surface area contributed by atoms with E-state index < -0.39 is 0 Å². The molecule has 3 aromatic heterocycles. The number of Topliss-reactive ketones (excluding diaryl/α,β-unsaturated/α-hetero) is 1. The average molecular weight is 363 g/mol. The van der Waals surface area contributed by atoms with E-state index in [9.17, 15) is 4.79 Å². The van der Waals surface area contributed by atoms with Crippen LogP contribution in [0.2, 0.25) is 0 Å². The molecule has 0 spiro atoms. The molecular formula is C21H25N5O. The van der Waals surface area contributed by atoms with E-state index in [0.29, 0.717) is 18.8 Å². The number of nitrogens with zero attached hydrogens (tertiary/aromatic N) is 5. The molecule has 0 unspecified atom stereocenters. The molecule has 1 aliphatic rings. The summed E-state index contributed by atoms with van der Waals surface area (Å²) in [5.74, 6) is 0.813. The highest BCUT2D eigenvalue weighted by Crippen LogP contribution is 2.23. The fraction of sp³-hybridized carbons (Fsp3) is 0.429. The third-order valence-electron chi connectivity index (χ3n) is 5.39. The Balaban J connectivity index is 1.48. The Hall–Kier alpha value is -2.60. The minimum absolute atomic E-state index is 0.290. The summed E-state index contributed by atoms with van der Waals surface area (Å²) in [4.78, 5) is 23.8. The molecule has 6 nitrogen and oxygen atoms in total. The van der Waals surface area contributed by atoms with Gasteiger partial charge in [-0.1, -0.05) is 0 Å². The molecule has 0 amide bonds. The predicted octanol–water partition coefficient (Wildman–Crippen LogP) is 2.87. The summed E-state index contributed by atoms with van der Waals surface area (Å²) in [7, 11) is 4.04. The number of likely N-dealkylation sites (tertiary alicyclic amines) is 1. The summed E-state index contributed by atoms with van der Waals surface area (Å²) in [6, 6.07) is 4.06.